The predicted molar refractivity (Wildman–Crippen MR) is 109 cm³/mol. The Morgan fingerprint density at radius 3 is 2.63 bits per heavy atom. The number of hydrogen-bond donors (Lipinski definition) is 0. The van der Waals surface area contributed by atoms with Gasteiger partial charge in [0.15, 0.2) is 10.8 Å². The summed E-state index contributed by atoms with van der Waals surface area (Å²) in [5.74, 6) is -0.132. The van der Waals surface area contributed by atoms with Gasteiger partial charge in [0.1, 0.15) is 0 Å². The molecule has 5 nitrogen and oxygen atoms in total. The van der Waals surface area contributed by atoms with E-state index in [-0.39, 0.29) is 5.91 Å². The molecule has 0 spiro atoms. The molecule has 136 valence electrons. The van der Waals surface area contributed by atoms with Crippen molar-refractivity contribution in [2.75, 3.05) is 4.90 Å². The van der Waals surface area contributed by atoms with Crippen LogP contribution in [-0.2, 0) is 13.6 Å². The lowest BCUT2D eigenvalue weighted by atomic mass is 10.2. The molecular weight excluding hydrogens is 356 g/mol. The van der Waals surface area contributed by atoms with Crippen molar-refractivity contribution in [2.24, 2.45) is 7.05 Å². The highest BCUT2D eigenvalue weighted by molar-refractivity contribution is 7.22. The van der Waals surface area contributed by atoms with Crippen LogP contribution in [0.1, 0.15) is 27.2 Å². The van der Waals surface area contributed by atoms with Crippen LogP contribution >= 0.6 is 11.3 Å². The summed E-state index contributed by atoms with van der Waals surface area (Å²) in [4.78, 5) is 19.8. The first kappa shape index (κ1) is 17.4. The third kappa shape index (κ3) is 3.48. The summed E-state index contributed by atoms with van der Waals surface area (Å²) in [6.45, 7) is 4.42. The first-order valence-electron chi connectivity index (χ1n) is 8.74. The van der Waals surface area contributed by atoms with Gasteiger partial charge in [-0.05, 0) is 37.1 Å². The molecule has 0 bridgehead atoms. The Balaban J connectivity index is 1.79. The highest BCUT2D eigenvalue weighted by Crippen LogP contribution is 2.31. The Morgan fingerprint density at radius 1 is 1.15 bits per heavy atom. The van der Waals surface area contributed by atoms with Crippen molar-refractivity contribution in [3.05, 3.63) is 77.1 Å². The molecule has 0 fully saturated rings. The summed E-state index contributed by atoms with van der Waals surface area (Å²) < 4.78 is 2.75. The Kier molecular flexibility index (Phi) is 4.49. The molecule has 0 aliphatic carbocycles. The number of aromatic nitrogens is 3. The van der Waals surface area contributed by atoms with Crippen LogP contribution in [0.2, 0.25) is 0 Å². The summed E-state index contributed by atoms with van der Waals surface area (Å²) in [5.41, 5.74) is 4.46. The molecule has 27 heavy (non-hydrogen) atoms. The highest BCUT2D eigenvalue weighted by atomic mass is 32.1. The second-order valence-electron chi connectivity index (χ2n) is 6.68. The first-order valence-corrected chi connectivity index (χ1v) is 9.56. The molecule has 0 saturated heterocycles. The van der Waals surface area contributed by atoms with Crippen LogP contribution in [-0.4, -0.2) is 20.7 Å². The molecular formula is C21H20N4OS. The van der Waals surface area contributed by atoms with Gasteiger partial charge in [-0.2, -0.15) is 5.10 Å². The van der Waals surface area contributed by atoms with Crippen LogP contribution in [0.4, 0.5) is 5.13 Å². The number of benzene rings is 2. The first-order chi connectivity index (χ1) is 13.0. The number of amides is 1. The molecule has 0 aliphatic rings. The fraction of sp³-hybridized carbons (Fsp3) is 0.190. The summed E-state index contributed by atoms with van der Waals surface area (Å²) in [7, 11) is 1.83. The second kappa shape index (κ2) is 6.96. The maximum absolute atomic E-state index is 13.3. The Bertz CT molecular complexity index is 1110. The van der Waals surface area contributed by atoms with E-state index >= 15 is 0 Å². The lowest BCUT2D eigenvalue weighted by Gasteiger charge is -2.19. The topological polar surface area (TPSA) is 51.0 Å². The van der Waals surface area contributed by atoms with Crippen molar-refractivity contribution >= 4 is 32.6 Å². The molecule has 2 aromatic heterocycles. The fourth-order valence-corrected chi connectivity index (χ4v) is 4.13. The Labute approximate surface area is 161 Å². The highest BCUT2D eigenvalue weighted by Gasteiger charge is 2.25. The molecule has 0 saturated carbocycles. The van der Waals surface area contributed by atoms with Crippen LogP contribution < -0.4 is 4.90 Å². The smallest absolute Gasteiger partial charge is 0.278 e. The maximum atomic E-state index is 13.3. The van der Waals surface area contributed by atoms with Crippen molar-refractivity contribution in [1.82, 2.24) is 14.8 Å². The molecule has 0 atom stereocenters. The molecule has 6 heteroatoms. The number of carbonyl (C=O) groups is 1. The maximum Gasteiger partial charge on any atom is 0.281 e. The molecule has 4 aromatic rings. The third-order valence-electron chi connectivity index (χ3n) is 4.41. The quantitative estimate of drug-likeness (QED) is 0.527. The van der Waals surface area contributed by atoms with Gasteiger partial charge in [-0.15, -0.1) is 0 Å². The minimum absolute atomic E-state index is 0.132. The Morgan fingerprint density at radius 2 is 1.93 bits per heavy atom. The van der Waals surface area contributed by atoms with Gasteiger partial charge in [0.25, 0.3) is 5.91 Å². The van der Waals surface area contributed by atoms with E-state index in [1.54, 1.807) is 9.58 Å². The lowest BCUT2D eigenvalue weighted by Crippen LogP contribution is -2.31. The normalized spacial score (nSPS) is 11.1. The zero-order chi connectivity index (χ0) is 19.0. The number of carbonyl (C=O) groups excluding carboxylic acids is 1. The minimum atomic E-state index is -0.132. The number of nitrogens with zero attached hydrogens (tertiary/aromatic N) is 4. The van der Waals surface area contributed by atoms with E-state index in [4.69, 9.17) is 4.98 Å². The molecule has 0 radical (unpaired) electrons. The van der Waals surface area contributed by atoms with Crippen molar-refractivity contribution in [3.63, 3.8) is 0 Å². The average molecular weight is 376 g/mol. The SMILES string of the molecule is Cc1ccc2nc(N(Cc3ccccc3)C(=O)c3nn(C)cc3C)sc2c1. The lowest BCUT2D eigenvalue weighted by molar-refractivity contribution is 0.0979. The van der Waals surface area contributed by atoms with Crippen molar-refractivity contribution < 1.29 is 4.79 Å². The zero-order valence-corrected chi connectivity index (χ0v) is 16.3. The zero-order valence-electron chi connectivity index (χ0n) is 15.5. The number of rotatable bonds is 4. The van der Waals surface area contributed by atoms with Crippen molar-refractivity contribution in [1.29, 1.82) is 0 Å². The summed E-state index contributed by atoms with van der Waals surface area (Å²) in [6, 6.07) is 16.1. The van der Waals surface area contributed by atoms with Crippen molar-refractivity contribution in [2.45, 2.75) is 20.4 Å². The van der Waals surface area contributed by atoms with E-state index in [0.717, 1.165) is 21.3 Å². The number of thiazole rings is 1. The van der Waals surface area contributed by atoms with Gasteiger partial charge in [-0.3, -0.25) is 14.4 Å². The second-order valence-corrected chi connectivity index (χ2v) is 7.69. The molecule has 2 aromatic carbocycles. The molecule has 0 N–H and O–H groups in total. The third-order valence-corrected chi connectivity index (χ3v) is 5.45. The van der Waals surface area contributed by atoms with Gasteiger partial charge in [0, 0.05) is 18.8 Å². The van der Waals surface area contributed by atoms with Crippen molar-refractivity contribution in [3.8, 4) is 0 Å². The Hall–Kier alpha value is -2.99. The van der Waals surface area contributed by atoms with Crippen LogP contribution in [0.25, 0.3) is 10.2 Å². The number of aryl methyl sites for hydroxylation is 3. The minimum Gasteiger partial charge on any atom is -0.278 e. The average Bonchev–Trinajstić information content (AvgIpc) is 3.22. The molecule has 0 aliphatic heterocycles. The van der Waals surface area contributed by atoms with Gasteiger partial charge in [0.05, 0.1) is 16.8 Å². The van der Waals surface area contributed by atoms with Crippen LogP contribution in [0.3, 0.4) is 0 Å². The fourth-order valence-electron chi connectivity index (χ4n) is 3.07. The molecule has 1 amide bonds. The molecule has 0 unspecified atom stereocenters. The number of hydrogen-bond acceptors (Lipinski definition) is 4. The largest absolute Gasteiger partial charge is 0.281 e. The van der Waals surface area contributed by atoms with E-state index in [0.29, 0.717) is 17.4 Å². The summed E-state index contributed by atoms with van der Waals surface area (Å²) in [6.07, 6.45) is 1.86. The van der Waals surface area contributed by atoms with Gasteiger partial charge >= 0.3 is 0 Å². The van der Waals surface area contributed by atoms with Gasteiger partial charge in [-0.1, -0.05) is 47.7 Å². The van der Waals surface area contributed by atoms with Crippen LogP contribution in [0, 0.1) is 13.8 Å². The standard InChI is InChI=1S/C21H20N4OS/c1-14-9-10-17-18(11-14)27-21(22-17)25(13-16-7-5-4-6-8-16)20(26)19-15(2)12-24(3)23-19/h4-12H,13H2,1-3H3. The number of anilines is 1. The molecule has 4 rings (SSSR count). The predicted octanol–water partition coefficient (Wildman–Crippen LogP) is 4.49. The monoisotopic (exact) mass is 376 g/mol. The van der Waals surface area contributed by atoms with E-state index in [9.17, 15) is 4.79 Å². The van der Waals surface area contributed by atoms with Crippen LogP contribution in [0.15, 0.2) is 54.7 Å². The van der Waals surface area contributed by atoms with Gasteiger partial charge in [-0.25, -0.2) is 4.98 Å². The molecule has 2 heterocycles. The van der Waals surface area contributed by atoms with Gasteiger partial charge < -0.3 is 0 Å². The van der Waals surface area contributed by atoms with E-state index in [1.807, 2.05) is 62.6 Å². The van der Waals surface area contributed by atoms with E-state index in [2.05, 4.69) is 18.1 Å². The van der Waals surface area contributed by atoms with E-state index in [1.165, 1.54) is 16.9 Å². The van der Waals surface area contributed by atoms with E-state index < -0.39 is 0 Å². The van der Waals surface area contributed by atoms with Crippen LogP contribution in [0.5, 0.6) is 0 Å². The number of fused-ring (bicyclic) bond motifs is 1. The van der Waals surface area contributed by atoms with Gasteiger partial charge in [0.2, 0.25) is 0 Å². The summed E-state index contributed by atoms with van der Waals surface area (Å²) in [5, 5.41) is 5.06. The summed E-state index contributed by atoms with van der Waals surface area (Å²) >= 11 is 1.53.